The highest BCUT2D eigenvalue weighted by Crippen LogP contribution is 2.32. The maximum atomic E-state index is 13.0. The Morgan fingerprint density at radius 1 is 1.29 bits per heavy atom. The molecule has 78 valence electrons. The van der Waals surface area contributed by atoms with Crippen LogP contribution in [0, 0.1) is 5.82 Å². The van der Waals surface area contributed by atoms with E-state index in [2.05, 4.69) is 0 Å². The van der Waals surface area contributed by atoms with Crippen LogP contribution in [-0.2, 0) is 6.18 Å². The molecule has 0 nitrogen and oxygen atoms in total. The molecule has 0 saturated carbocycles. The second-order valence-corrected chi connectivity index (χ2v) is 3.88. The van der Waals surface area contributed by atoms with Crippen LogP contribution in [0.2, 0.25) is 0 Å². The molecular weight excluding hydrogens is 216 g/mol. The highest BCUT2D eigenvalue weighted by atomic mass is 32.2. The van der Waals surface area contributed by atoms with Gasteiger partial charge in [-0.2, -0.15) is 13.2 Å². The normalized spacial score (nSPS) is 11.8. The molecule has 0 unspecified atom stereocenters. The van der Waals surface area contributed by atoms with E-state index in [1.165, 1.54) is 0 Å². The Morgan fingerprint density at radius 2 is 1.93 bits per heavy atom. The second kappa shape index (κ2) is 4.21. The molecule has 0 N–H and O–H groups in total. The lowest BCUT2D eigenvalue weighted by Crippen LogP contribution is -2.05. The molecule has 0 fully saturated rings. The lowest BCUT2D eigenvalue weighted by molar-refractivity contribution is -0.137. The number of alkyl halides is 3. The zero-order valence-electron chi connectivity index (χ0n) is 7.36. The molecule has 0 aliphatic rings. The summed E-state index contributed by atoms with van der Waals surface area (Å²) in [5.41, 5.74) is -0.810. The number of hydrogen-bond acceptors (Lipinski definition) is 1. The Bertz CT molecular complexity index is 319. The minimum atomic E-state index is -4.41. The van der Waals surface area contributed by atoms with Gasteiger partial charge in [-0.05, 0) is 24.0 Å². The van der Waals surface area contributed by atoms with Gasteiger partial charge in [0.15, 0.2) is 0 Å². The highest BCUT2D eigenvalue weighted by Gasteiger charge is 2.30. The van der Waals surface area contributed by atoms with Crippen molar-refractivity contribution in [1.82, 2.24) is 0 Å². The summed E-state index contributed by atoms with van der Waals surface area (Å²) < 4.78 is 49.6. The average Bonchev–Trinajstić information content (AvgIpc) is 2.07. The van der Waals surface area contributed by atoms with Crippen LogP contribution < -0.4 is 0 Å². The van der Waals surface area contributed by atoms with Gasteiger partial charge in [0.2, 0.25) is 0 Å². The van der Waals surface area contributed by atoms with Crippen LogP contribution in [0.5, 0.6) is 0 Å². The van der Waals surface area contributed by atoms with Gasteiger partial charge in [0.05, 0.1) is 5.56 Å². The molecule has 1 aromatic carbocycles. The predicted molar refractivity (Wildman–Crippen MR) is 47.8 cm³/mol. The van der Waals surface area contributed by atoms with Gasteiger partial charge >= 0.3 is 6.18 Å². The van der Waals surface area contributed by atoms with Crippen molar-refractivity contribution >= 4 is 11.8 Å². The lowest BCUT2D eigenvalue weighted by atomic mass is 10.2. The van der Waals surface area contributed by atoms with Gasteiger partial charge in [-0.3, -0.25) is 0 Å². The second-order valence-electron chi connectivity index (χ2n) is 2.58. The molecule has 1 aromatic rings. The van der Waals surface area contributed by atoms with Crippen LogP contribution in [0.25, 0.3) is 0 Å². The lowest BCUT2D eigenvalue weighted by Gasteiger charge is -2.08. The largest absolute Gasteiger partial charge is 0.416 e. The van der Waals surface area contributed by atoms with Crippen LogP contribution in [0.4, 0.5) is 17.6 Å². The zero-order chi connectivity index (χ0) is 10.8. The number of thioether (sulfide) groups is 1. The summed E-state index contributed by atoms with van der Waals surface area (Å²) in [4.78, 5) is 0.0438. The van der Waals surface area contributed by atoms with E-state index in [-0.39, 0.29) is 4.90 Å². The number of halogens is 4. The van der Waals surface area contributed by atoms with E-state index >= 15 is 0 Å². The molecule has 0 amide bonds. The molecule has 0 heterocycles. The smallest absolute Gasteiger partial charge is 0.206 e. The molecule has 1 rings (SSSR count). The van der Waals surface area contributed by atoms with Gasteiger partial charge in [-0.15, -0.1) is 11.8 Å². The first-order chi connectivity index (χ1) is 6.45. The third-order valence-corrected chi connectivity index (χ3v) is 2.47. The number of hydrogen-bond donors (Lipinski definition) is 0. The highest BCUT2D eigenvalue weighted by molar-refractivity contribution is 7.99. The zero-order valence-corrected chi connectivity index (χ0v) is 8.18. The fraction of sp³-hybridized carbons (Fsp3) is 0.333. The van der Waals surface area contributed by atoms with Gasteiger partial charge in [0.25, 0.3) is 0 Å². The van der Waals surface area contributed by atoms with Crippen molar-refractivity contribution < 1.29 is 17.6 Å². The summed E-state index contributed by atoms with van der Waals surface area (Å²) >= 11 is 1.06. The maximum Gasteiger partial charge on any atom is 0.416 e. The maximum absolute atomic E-state index is 13.0. The molecule has 0 radical (unpaired) electrons. The molecule has 14 heavy (non-hydrogen) atoms. The summed E-state index contributed by atoms with van der Waals surface area (Å²) in [5, 5.41) is 0. The standard InChI is InChI=1S/C9H8F4S/c1-2-14-8-5-6(9(11,12)13)3-4-7(8)10/h3-5H,2H2,1H3. The molecular formula is C9H8F4S. The Labute approximate surface area is 83.3 Å². The topological polar surface area (TPSA) is 0 Å². The van der Waals surface area contributed by atoms with Crippen molar-refractivity contribution in [3.05, 3.63) is 29.6 Å². The quantitative estimate of drug-likeness (QED) is 0.541. The van der Waals surface area contributed by atoms with Crippen LogP contribution in [0.3, 0.4) is 0 Å². The molecule has 0 spiro atoms. The summed E-state index contributed by atoms with van der Waals surface area (Å²) in [6, 6.07) is 2.43. The molecule has 0 atom stereocenters. The monoisotopic (exact) mass is 224 g/mol. The van der Waals surface area contributed by atoms with Crippen molar-refractivity contribution in [3.8, 4) is 0 Å². The number of benzene rings is 1. The molecule has 0 aliphatic heterocycles. The molecule has 0 aliphatic carbocycles. The predicted octanol–water partition coefficient (Wildman–Crippen LogP) is 3.96. The summed E-state index contributed by atoms with van der Waals surface area (Å²) in [6.07, 6.45) is -4.41. The number of rotatable bonds is 2. The van der Waals surface area contributed by atoms with E-state index in [1.807, 2.05) is 0 Å². The molecule has 0 saturated heterocycles. The average molecular weight is 224 g/mol. The van der Waals surface area contributed by atoms with Crippen molar-refractivity contribution in [2.45, 2.75) is 18.0 Å². The van der Waals surface area contributed by atoms with Gasteiger partial charge < -0.3 is 0 Å². The fourth-order valence-corrected chi connectivity index (χ4v) is 1.67. The van der Waals surface area contributed by atoms with Gasteiger partial charge in [-0.25, -0.2) is 4.39 Å². The van der Waals surface area contributed by atoms with Crippen molar-refractivity contribution in [2.24, 2.45) is 0 Å². The Hall–Kier alpha value is -0.710. The van der Waals surface area contributed by atoms with Gasteiger partial charge in [-0.1, -0.05) is 6.92 Å². The first-order valence-electron chi connectivity index (χ1n) is 3.94. The SMILES string of the molecule is CCSc1cc(C(F)(F)F)ccc1F. The van der Waals surface area contributed by atoms with Crippen LogP contribution in [0.15, 0.2) is 23.1 Å². The first-order valence-corrected chi connectivity index (χ1v) is 4.93. The fourth-order valence-electron chi connectivity index (χ4n) is 0.946. The third kappa shape index (κ3) is 2.64. The Morgan fingerprint density at radius 3 is 2.43 bits per heavy atom. The van der Waals surface area contributed by atoms with Gasteiger partial charge in [0.1, 0.15) is 5.82 Å². The minimum Gasteiger partial charge on any atom is -0.206 e. The van der Waals surface area contributed by atoms with E-state index in [9.17, 15) is 17.6 Å². The summed E-state index contributed by atoms with van der Waals surface area (Å²) in [6.45, 7) is 1.75. The Balaban J connectivity index is 3.06. The minimum absolute atomic E-state index is 0.0438. The molecule has 0 aromatic heterocycles. The van der Waals surface area contributed by atoms with Crippen LogP contribution in [0.1, 0.15) is 12.5 Å². The van der Waals surface area contributed by atoms with E-state index in [4.69, 9.17) is 0 Å². The van der Waals surface area contributed by atoms with Crippen LogP contribution in [-0.4, -0.2) is 5.75 Å². The Kier molecular flexibility index (Phi) is 3.42. The molecule has 0 bridgehead atoms. The first kappa shape index (κ1) is 11.4. The molecule has 5 heteroatoms. The van der Waals surface area contributed by atoms with Crippen molar-refractivity contribution in [2.75, 3.05) is 5.75 Å². The van der Waals surface area contributed by atoms with E-state index in [1.54, 1.807) is 6.92 Å². The van der Waals surface area contributed by atoms with Gasteiger partial charge in [0, 0.05) is 4.90 Å². The van der Waals surface area contributed by atoms with Crippen molar-refractivity contribution in [1.29, 1.82) is 0 Å². The third-order valence-electron chi connectivity index (χ3n) is 1.56. The van der Waals surface area contributed by atoms with Crippen LogP contribution >= 0.6 is 11.8 Å². The van der Waals surface area contributed by atoms with E-state index in [0.717, 1.165) is 30.0 Å². The summed E-state index contributed by atoms with van der Waals surface area (Å²) in [7, 11) is 0. The van der Waals surface area contributed by atoms with Crippen molar-refractivity contribution in [3.63, 3.8) is 0 Å². The van der Waals surface area contributed by atoms with E-state index < -0.39 is 17.6 Å². The summed E-state index contributed by atoms with van der Waals surface area (Å²) in [5.74, 6) is -0.0667. The van der Waals surface area contributed by atoms with E-state index in [0.29, 0.717) is 5.75 Å².